The van der Waals surface area contributed by atoms with Gasteiger partial charge in [-0.2, -0.15) is 0 Å². The van der Waals surface area contributed by atoms with Crippen LogP contribution in [0, 0.1) is 0 Å². The Kier molecular flexibility index (Phi) is 5.19. The fourth-order valence-corrected chi connectivity index (χ4v) is 2.57. The molecule has 25 heavy (non-hydrogen) atoms. The Balaban J connectivity index is 1.66. The van der Waals surface area contributed by atoms with Crippen LogP contribution in [0.5, 0.6) is 11.5 Å². The molecular weight excluding hydrogens is 314 g/mol. The van der Waals surface area contributed by atoms with E-state index in [-0.39, 0.29) is 5.91 Å². The predicted octanol–water partition coefficient (Wildman–Crippen LogP) is 4.64. The standard InChI is InChI=1S/C21H21NO3/c1-3-24-19-10-6-9-18(14-19)22-21(23)15(2)25-20-12-11-16-7-4-5-8-17(16)13-20/h4-15H,3H2,1-2H3,(H,22,23)/t15-/m1/s1. The van der Waals surface area contributed by atoms with Gasteiger partial charge >= 0.3 is 0 Å². The third-order valence-electron chi connectivity index (χ3n) is 3.82. The number of anilines is 1. The highest BCUT2D eigenvalue weighted by Crippen LogP contribution is 2.22. The van der Waals surface area contributed by atoms with E-state index in [1.165, 1.54) is 0 Å². The van der Waals surface area contributed by atoms with E-state index in [9.17, 15) is 4.79 Å². The lowest BCUT2D eigenvalue weighted by Gasteiger charge is -2.15. The maximum absolute atomic E-state index is 12.4. The van der Waals surface area contributed by atoms with Crippen molar-refractivity contribution in [2.75, 3.05) is 11.9 Å². The van der Waals surface area contributed by atoms with Gasteiger partial charge in [0.25, 0.3) is 5.91 Å². The van der Waals surface area contributed by atoms with Crippen LogP contribution in [0.4, 0.5) is 5.69 Å². The van der Waals surface area contributed by atoms with Crippen LogP contribution in [0.2, 0.25) is 0 Å². The lowest BCUT2D eigenvalue weighted by molar-refractivity contribution is -0.122. The Morgan fingerprint density at radius 1 is 0.960 bits per heavy atom. The van der Waals surface area contributed by atoms with Crippen molar-refractivity contribution in [3.63, 3.8) is 0 Å². The molecule has 0 radical (unpaired) electrons. The van der Waals surface area contributed by atoms with Crippen molar-refractivity contribution in [1.82, 2.24) is 0 Å². The van der Waals surface area contributed by atoms with E-state index >= 15 is 0 Å². The fraction of sp³-hybridized carbons (Fsp3) is 0.190. The van der Waals surface area contributed by atoms with Crippen molar-refractivity contribution in [3.05, 3.63) is 66.7 Å². The van der Waals surface area contributed by atoms with Gasteiger partial charge in [0.1, 0.15) is 11.5 Å². The summed E-state index contributed by atoms with van der Waals surface area (Å²) in [5, 5.41) is 5.07. The SMILES string of the molecule is CCOc1cccc(NC(=O)[C@@H](C)Oc2ccc3ccccc3c2)c1. The molecule has 0 aliphatic rings. The molecule has 0 aliphatic carbocycles. The van der Waals surface area contributed by atoms with E-state index in [0.29, 0.717) is 18.0 Å². The normalized spacial score (nSPS) is 11.8. The summed E-state index contributed by atoms with van der Waals surface area (Å²) in [5.74, 6) is 1.19. The highest BCUT2D eigenvalue weighted by atomic mass is 16.5. The molecule has 128 valence electrons. The first-order valence-corrected chi connectivity index (χ1v) is 8.35. The summed E-state index contributed by atoms with van der Waals surface area (Å²) in [6.07, 6.45) is -0.614. The van der Waals surface area contributed by atoms with E-state index < -0.39 is 6.10 Å². The number of hydrogen-bond donors (Lipinski definition) is 1. The number of carbonyl (C=O) groups is 1. The van der Waals surface area contributed by atoms with Crippen molar-refractivity contribution in [1.29, 1.82) is 0 Å². The Morgan fingerprint density at radius 2 is 1.76 bits per heavy atom. The second-order valence-electron chi connectivity index (χ2n) is 5.72. The Labute approximate surface area is 147 Å². The van der Waals surface area contributed by atoms with Crippen molar-refractivity contribution in [3.8, 4) is 11.5 Å². The van der Waals surface area contributed by atoms with E-state index in [4.69, 9.17) is 9.47 Å². The molecule has 1 atom stereocenters. The van der Waals surface area contributed by atoms with E-state index in [2.05, 4.69) is 5.32 Å². The maximum atomic E-state index is 12.4. The minimum atomic E-state index is -0.614. The van der Waals surface area contributed by atoms with Gasteiger partial charge in [0.05, 0.1) is 6.61 Å². The minimum Gasteiger partial charge on any atom is -0.494 e. The van der Waals surface area contributed by atoms with Gasteiger partial charge in [-0.3, -0.25) is 4.79 Å². The van der Waals surface area contributed by atoms with E-state index in [1.54, 1.807) is 13.0 Å². The van der Waals surface area contributed by atoms with Crippen LogP contribution in [-0.4, -0.2) is 18.6 Å². The first-order chi connectivity index (χ1) is 12.2. The summed E-state index contributed by atoms with van der Waals surface area (Å²) < 4.78 is 11.2. The monoisotopic (exact) mass is 335 g/mol. The van der Waals surface area contributed by atoms with Gasteiger partial charge in [-0.25, -0.2) is 0 Å². The Morgan fingerprint density at radius 3 is 2.56 bits per heavy atom. The number of rotatable bonds is 6. The Bertz CT molecular complexity index is 876. The Hall–Kier alpha value is -3.01. The summed E-state index contributed by atoms with van der Waals surface area (Å²) in [7, 11) is 0. The molecule has 3 rings (SSSR count). The molecule has 3 aromatic carbocycles. The van der Waals surface area contributed by atoms with Crippen molar-refractivity contribution >= 4 is 22.4 Å². The zero-order valence-corrected chi connectivity index (χ0v) is 14.4. The fourth-order valence-electron chi connectivity index (χ4n) is 2.57. The largest absolute Gasteiger partial charge is 0.494 e. The highest BCUT2D eigenvalue weighted by Gasteiger charge is 2.15. The molecule has 0 saturated heterocycles. The molecule has 0 unspecified atom stereocenters. The van der Waals surface area contributed by atoms with Crippen LogP contribution in [-0.2, 0) is 4.79 Å². The van der Waals surface area contributed by atoms with Gasteiger partial charge in [-0.05, 0) is 48.9 Å². The summed E-state index contributed by atoms with van der Waals surface area (Å²) in [4.78, 5) is 12.4. The number of benzene rings is 3. The summed E-state index contributed by atoms with van der Waals surface area (Å²) >= 11 is 0. The molecule has 1 amide bonds. The molecular formula is C21H21NO3. The topological polar surface area (TPSA) is 47.6 Å². The molecule has 4 nitrogen and oxygen atoms in total. The first-order valence-electron chi connectivity index (χ1n) is 8.35. The summed E-state index contributed by atoms with van der Waals surface area (Å²) in [6, 6.07) is 21.2. The van der Waals surface area contributed by atoms with E-state index in [0.717, 1.165) is 16.5 Å². The van der Waals surface area contributed by atoms with Crippen molar-refractivity contribution in [2.24, 2.45) is 0 Å². The summed E-state index contributed by atoms with van der Waals surface area (Å²) in [6.45, 7) is 4.24. The maximum Gasteiger partial charge on any atom is 0.265 e. The number of hydrogen-bond acceptors (Lipinski definition) is 3. The van der Waals surface area contributed by atoms with Crippen LogP contribution in [0.15, 0.2) is 66.7 Å². The van der Waals surface area contributed by atoms with Crippen LogP contribution >= 0.6 is 0 Å². The number of carbonyl (C=O) groups excluding carboxylic acids is 1. The van der Waals surface area contributed by atoms with Crippen LogP contribution < -0.4 is 14.8 Å². The zero-order chi connectivity index (χ0) is 17.6. The molecule has 1 N–H and O–H groups in total. The second kappa shape index (κ2) is 7.71. The lowest BCUT2D eigenvalue weighted by Crippen LogP contribution is -2.30. The minimum absolute atomic E-state index is 0.207. The molecule has 0 fully saturated rings. The second-order valence-corrected chi connectivity index (χ2v) is 5.72. The third kappa shape index (κ3) is 4.29. The van der Waals surface area contributed by atoms with Crippen molar-refractivity contribution in [2.45, 2.75) is 20.0 Å². The third-order valence-corrected chi connectivity index (χ3v) is 3.82. The molecule has 0 saturated carbocycles. The van der Waals surface area contributed by atoms with Gasteiger partial charge in [-0.1, -0.05) is 36.4 Å². The lowest BCUT2D eigenvalue weighted by atomic mass is 10.1. The zero-order valence-electron chi connectivity index (χ0n) is 14.4. The smallest absolute Gasteiger partial charge is 0.265 e. The average molecular weight is 335 g/mol. The van der Waals surface area contributed by atoms with Crippen molar-refractivity contribution < 1.29 is 14.3 Å². The van der Waals surface area contributed by atoms with Gasteiger partial charge in [-0.15, -0.1) is 0 Å². The van der Waals surface area contributed by atoms with Crippen LogP contribution in [0.1, 0.15) is 13.8 Å². The average Bonchev–Trinajstić information content (AvgIpc) is 2.62. The molecule has 0 aromatic heterocycles. The highest BCUT2D eigenvalue weighted by molar-refractivity contribution is 5.94. The molecule has 3 aromatic rings. The van der Waals surface area contributed by atoms with Gasteiger partial charge < -0.3 is 14.8 Å². The van der Waals surface area contributed by atoms with Crippen LogP contribution in [0.25, 0.3) is 10.8 Å². The molecule has 0 heterocycles. The molecule has 0 spiro atoms. The number of nitrogens with one attached hydrogen (secondary N) is 1. The number of fused-ring (bicyclic) bond motifs is 1. The quantitative estimate of drug-likeness (QED) is 0.713. The van der Waals surface area contributed by atoms with Gasteiger partial charge in [0.2, 0.25) is 0 Å². The molecule has 4 heteroatoms. The number of ether oxygens (including phenoxy) is 2. The van der Waals surface area contributed by atoms with Gasteiger partial charge in [0, 0.05) is 11.8 Å². The number of amides is 1. The molecule has 0 bridgehead atoms. The first kappa shape index (κ1) is 16.8. The molecule has 0 aliphatic heterocycles. The van der Waals surface area contributed by atoms with Gasteiger partial charge in [0.15, 0.2) is 6.10 Å². The van der Waals surface area contributed by atoms with Crippen LogP contribution in [0.3, 0.4) is 0 Å². The predicted molar refractivity (Wildman–Crippen MR) is 100 cm³/mol. The summed E-state index contributed by atoms with van der Waals surface area (Å²) in [5.41, 5.74) is 0.685. The van der Waals surface area contributed by atoms with E-state index in [1.807, 2.05) is 67.6 Å².